The highest BCUT2D eigenvalue weighted by molar-refractivity contribution is 6.29. The number of aromatic nitrogens is 2. The van der Waals surface area contributed by atoms with Crippen molar-refractivity contribution in [1.82, 2.24) is 19.8 Å². The second-order valence-electron chi connectivity index (χ2n) is 4.99. The van der Waals surface area contributed by atoms with Gasteiger partial charge in [-0.25, -0.2) is 9.97 Å². The van der Waals surface area contributed by atoms with Gasteiger partial charge in [-0.1, -0.05) is 11.6 Å². The Labute approximate surface area is 117 Å². The minimum atomic E-state index is -0.478. The molecule has 1 aromatic rings. The summed E-state index contributed by atoms with van der Waals surface area (Å²) in [6.07, 6.45) is 2.82. The van der Waals surface area contributed by atoms with Crippen LogP contribution >= 0.6 is 11.6 Å². The van der Waals surface area contributed by atoms with Crippen LogP contribution in [0, 0.1) is 0 Å². The second-order valence-corrected chi connectivity index (χ2v) is 5.37. The van der Waals surface area contributed by atoms with Crippen LogP contribution < -0.4 is 0 Å². The normalized spacial score (nSPS) is 23.1. The number of aliphatic hydroxyl groups excluding tert-OH is 1. The number of likely N-dealkylation sites (tertiary alicyclic amines) is 1. The molecule has 0 bridgehead atoms. The molecule has 2 unspecified atom stereocenters. The lowest BCUT2D eigenvalue weighted by molar-refractivity contribution is 0.0692. The first-order valence-electron chi connectivity index (χ1n) is 6.08. The number of halogens is 1. The number of likely N-dealkylation sites (N-methyl/N-ethyl adjacent to an activating group) is 1. The topological polar surface area (TPSA) is 69.6 Å². The van der Waals surface area contributed by atoms with E-state index in [4.69, 9.17) is 11.6 Å². The fourth-order valence-electron chi connectivity index (χ4n) is 2.31. The van der Waals surface area contributed by atoms with Crippen molar-refractivity contribution in [3.05, 3.63) is 23.2 Å². The van der Waals surface area contributed by atoms with E-state index in [0.717, 1.165) is 0 Å². The molecule has 0 spiro atoms. The first kappa shape index (κ1) is 14.2. The molecule has 1 saturated heterocycles. The van der Waals surface area contributed by atoms with Crippen molar-refractivity contribution in [2.75, 3.05) is 27.2 Å². The number of amides is 1. The van der Waals surface area contributed by atoms with E-state index in [0.29, 0.717) is 19.5 Å². The van der Waals surface area contributed by atoms with Gasteiger partial charge in [0.05, 0.1) is 18.5 Å². The molecule has 0 saturated carbocycles. The summed E-state index contributed by atoms with van der Waals surface area (Å²) in [5, 5.41) is 10.0. The Balaban J connectivity index is 2.14. The minimum absolute atomic E-state index is 0.00465. The number of rotatable bonds is 3. The maximum absolute atomic E-state index is 12.3. The van der Waals surface area contributed by atoms with Gasteiger partial charge in [-0.3, -0.25) is 4.79 Å². The number of hydrogen-bond donors (Lipinski definition) is 1. The zero-order chi connectivity index (χ0) is 14.0. The van der Waals surface area contributed by atoms with Gasteiger partial charge in [0.1, 0.15) is 10.8 Å². The molecule has 19 heavy (non-hydrogen) atoms. The SMILES string of the molecule is CN(C)CC1CC(O)CN1C(=O)c1cnc(Cl)cn1. The summed E-state index contributed by atoms with van der Waals surface area (Å²) in [5.41, 5.74) is 0.252. The van der Waals surface area contributed by atoms with Crippen molar-refractivity contribution >= 4 is 17.5 Å². The Morgan fingerprint density at radius 1 is 1.53 bits per heavy atom. The van der Waals surface area contributed by atoms with Gasteiger partial charge in [0, 0.05) is 19.1 Å². The molecule has 1 aliphatic rings. The third kappa shape index (κ3) is 3.40. The summed E-state index contributed by atoms with van der Waals surface area (Å²) in [7, 11) is 3.88. The van der Waals surface area contributed by atoms with Crippen molar-refractivity contribution in [2.45, 2.75) is 18.6 Å². The third-order valence-electron chi connectivity index (χ3n) is 3.07. The zero-order valence-corrected chi connectivity index (χ0v) is 11.7. The highest BCUT2D eigenvalue weighted by Gasteiger charge is 2.35. The number of β-amino-alcohol motifs (C(OH)–C–C–N with tert-alkyl or cyclic N) is 1. The van der Waals surface area contributed by atoms with Crippen molar-refractivity contribution in [2.24, 2.45) is 0 Å². The van der Waals surface area contributed by atoms with Crippen LogP contribution in [-0.4, -0.2) is 70.1 Å². The summed E-state index contributed by atoms with van der Waals surface area (Å²) >= 11 is 5.65. The van der Waals surface area contributed by atoms with E-state index in [1.165, 1.54) is 12.4 Å². The van der Waals surface area contributed by atoms with Crippen LogP contribution in [0.15, 0.2) is 12.4 Å². The van der Waals surface area contributed by atoms with Gasteiger partial charge in [0.25, 0.3) is 5.91 Å². The molecule has 1 fully saturated rings. The van der Waals surface area contributed by atoms with Crippen LogP contribution in [0.2, 0.25) is 5.15 Å². The third-order valence-corrected chi connectivity index (χ3v) is 3.26. The fraction of sp³-hybridized carbons (Fsp3) is 0.583. The average molecular weight is 285 g/mol. The molecule has 0 aromatic carbocycles. The Kier molecular flexibility index (Phi) is 4.34. The van der Waals surface area contributed by atoms with Crippen LogP contribution in [0.3, 0.4) is 0 Å². The Bertz CT molecular complexity index is 452. The summed E-state index contributed by atoms with van der Waals surface area (Å²) in [6.45, 7) is 1.05. The van der Waals surface area contributed by atoms with Crippen LogP contribution in [0.1, 0.15) is 16.9 Å². The van der Waals surface area contributed by atoms with Crippen LogP contribution in [0.25, 0.3) is 0 Å². The zero-order valence-electron chi connectivity index (χ0n) is 11.0. The molecule has 0 aliphatic carbocycles. The van der Waals surface area contributed by atoms with Crippen LogP contribution in [0.4, 0.5) is 0 Å². The molecule has 2 atom stereocenters. The lowest BCUT2D eigenvalue weighted by Crippen LogP contribution is -2.41. The van der Waals surface area contributed by atoms with Crippen molar-refractivity contribution in [3.63, 3.8) is 0 Å². The number of carbonyl (C=O) groups is 1. The standard InChI is InChI=1S/C12H17ClN4O2/c1-16(2)6-8-3-9(18)7-17(8)12(19)10-4-15-11(13)5-14-10/h4-5,8-9,18H,3,6-7H2,1-2H3. The van der Waals surface area contributed by atoms with Crippen molar-refractivity contribution in [3.8, 4) is 0 Å². The van der Waals surface area contributed by atoms with E-state index in [9.17, 15) is 9.90 Å². The molecule has 2 heterocycles. The van der Waals surface area contributed by atoms with Gasteiger partial charge >= 0.3 is 0 Å². The van der Waals surface area contributed by atoms with E-state index in [-0.39, 0.29) is 22.8 Å². The van der Waals surface area contributed by atoms with E-state index in [2.05, 4.69) is 9.97 Å². The quantitative estimate of drug-likeness (QED) is 0.863. The highest BCUT2D eigenvalue weighted by atomic mass is 35.5. The number of hydrogen-bond acceptors (Lipinski definition) is 5. The van der Waals surface area contributed by atoms with Crippen molar-refractivity contribution < 1.29 is 9.90 Å². The predicted octanol–water partition coefficient (Wildman–Crippen LogP) is 0.267. The fourth-order valence-corrected chi connectivity index (χ4v) is 2.40. The molecule has 104 valence electrons. The summed E-state index contributed by atoms with van der Waals surface area (Å²) in [6, 6.07) is -0.00465. The van der Waals surface area contributed by atoms with E-state index in [1.54, 1.807) is 4.90 Å². The highest BCUT2D eigenvalue weighted by Crippen LogP contribution is 2.20. The van der Waals surface area contributed by atoms with E-state index in [1.807, 2.05) is 19.0 Å². The molecule has 6 nitrogen and oxygen atoms in total. The average Bonchev–Trinajstić information content (AvgIpc) is 2.69. The van der Waals surface area contributed by atoms with Gasteiger partial charge < -0.3 is 14.9 Å². The largest absolute Gasteiger partial charge is 0.391 e. The molecule has 7 heteroatoms. The lowest BCUT2D eigenvalue weighted by Gasteiger charge is -2.26. The maximum atomic E-state index is 12.3. The van der Waals surface area contributed by atoms with Gasteiger partial charge in [0.15, 0.2) is 0 Å². The summed E-state index contributed by atoms with van der Waals surface area (Å²) in [4.78, 5) is 23.8. The summed E-state index contributed by atoms with van der Waals surface area (Å²) < 4.78 is 0. The summed E-state index contributed by atoms with van der Waals surface area (Å²) in [5.74, 6) is -0.215. The molecule has 0 radical (unpaired) electrons. The van der Waals surface area contributed by atoms with E-state index < -0.39 is 6.10 Å². The molecule has 1 aliphatic heterocycles. The minimum Gasteiger partial charge on any atom is -0.391 e. The second kappa shape index (κ2) is 5.81. The van der Waals surface area contributed by atoms with E-state index >= 15 is 0 Å². The Morgan fingerprint density at radius 2 is 2.26 bits per heavy atom. The molecule has 1 amide bonds. The van der Waals surface area contributed by atoms with Crippen molar-refractivity contribution in [1.29, 1.82) is 0 Å². The van der Waals surface area contributed by atoms with Gasteiger partial charge in [-0.2, -0.15) is 0 Å². The molecule has 1 N–H and O–H groups in total. The number of carbonyl (C=O) groups excluding carboxylic acids is 1. The van der Waals surface area contributed by atoms with Gasteiger partial charge in [0.2, 0.25) is 0 Å². The number of aliphatic hydroxyl groups is 1. The Hall–Kier alpha value is -1.24. The molecular weight excluding hydrogens is 268 g/mol. The van der Waals surface area contributed by atoms with Crippen LogP contribution in [0.5, 0.6) is 0 Å². The monoisotopic (exact) mass is 284 g/mol. The van der Waals surface area contributed by atoms with Gasteiger partial charge in [-0.05, 0) is 20.5 Å². The smallest absolute Gasteiger partial charge is 0.274 e. The maximum Gasteiger partial charge on any atom is 0.274 e. The first-order chi connectivity index (χ1) is 8.97. The predicted molar refractivity (Wildman–Crippen MR) is 71.0 cm³/mol. The molecule has 1 aromatic heterocycles. The molecule has 2 rings (SSSR count). The Morgan fingerprint density at radius 3 is 2.84 bits per heavy atom. The van der Waals surface area contributed by atoms with Gasteiger partial charge in [-0.15, -0.1) is 0 Å². The first-order valence-corrected chi connectivity index (χ1v) is 6.46. The van der Waals surface area contributed by atoms with Crippen LogP contribution in [-0.2, 0) is 0 Å². The lowest BCUT2D eigenvalue weighted by atomic mass is 10.2. The number of nitrogens with zero attached hydrogens (tertiary/aromatic N) is 4. The molecular formula is C12H17ClN4O2.